The molecule has 0 saturated heterocycles. The number of nitrogens with zero attached hydrogens (tertiary/aromatic N) is 2. The first-order valence-electron chi connectivity index (χ1n) is 7.58. The Bertz CT molecular complexity index is 926. The van der Waals surface area contributed by atoms with E-state index in [1.54, 1.807) is 24.3 Å². The number of fused-ring (bicyclic) bond motifs is 1. The van der Waals surface area contributed by atoms with E-state index >= 15 is 0 Å². The molecule has 0 bridgehead atoms. The number of carbonyl (C=O) groups excluding carboxylic acids is 2. The van der Waals surface area contributed by atoms with Gasteiger partial charge in [0, 0.05) is 18.1 Å². The molecule has 1 aromatic carbocycles. The molecule has 0 aliphatic rings. The number of imide groups is 1. The van der Waals surface area contributed by atoms with Gasteiger partial charge in [-0.2, -0.15) is 0 Å². The average molecular weight is 393 g/mol. The molecular weight excluding hydrogens is 376 g/mol. The molecule has 0 spiro atoms. The van der Waals surface area contributed by atoms with E-state index in [-0.39, 0.29) is 24.4 Å². The van der Waals surface area contributed by atoms with Gasteiger partial charge in [0.2, 0.25) is 5.91 Å². The molecule has 0 aliphatic heterocycles. The summed E-state index contributed by atoms with van der Waals surface area (Å²) in [6, 6.07) is 4.22. The summed E-state index contributed by atoms with van der Waals surface area (Å²) in [4.78, 5) is 40.4. The Morgan fingerprint density at radius 3 is 2.77 bits per heavy atom. The molecule has 1 aromatic heterocycles. The van der Waals surface area contributed by atoms with Crippen LogP contribution in [0.1, 0.15) is 0 Å². The number of hydrogen-bond acceptors (Lipinski definition) is 5. The molecule has 136 valence electrons. The summed E-state index contributed by atoms with van der Waals surface area (Å²) in [5.41, 5.74) is 0.204. The van der Waals surface area contributed by atoms with Crippen LogP contribution in [0.25, 0.3) is 10.9 Å². The van der Waals surface area contributed by atoms with Crippen LogP contribution in [0.4, 0.5) is 4.79 Å². The third-order valence-electron chi connectivity index (χ3n) is 3.19. The first kappa shape index (κ1) is 19.7. The van der Waals surface area contributed by atoms with Gasteiger partial charge in [-0.05, 0) is 18.2 Å². The van der Waals surface area contributed by atoms with Crippen molar-refractivity contribution in [3.63, 3.8) is 0 Å². The van der Waals surface area contributed by atoms with Crippen molar-refractivity contribution in [2.45, 2.75) is 11.7 Å². The highest BCUT2D eigenvalue weighted by Gasteiger charge is 2.14. The molecule has 2 N–H and O–H groups in total. The lowest BCUT2D eigenvalue weighted by Crippen LogP contribution is -2.40. The van der Waals surface area contributed by atoms with Crippen LogP contribution in [0.3, 0.4) is 0 Å². The summed E-state index contributed by atoms with van der Waals surface area (Å²) in [5.74, 6) is -0.586. The lowest BCUT2D eigenvalue weighted by molar-refractivity contribution is -0.117. The van der Waals surface area contributed by atoms with Crippen LogP contribution in [0, 0.1) is 0 Å². The van der Waals surface area contributed by atoms with E-state index in [1.807, 2.05) is 0 Å². The van der Waals surface area contributed by atoms with Gasteiger partial charge in [-0.15, -0.1) is 13.2 Å². The first-order chi connectivity index (χ1) is 12.5. The Morgan fingerprint density at radius 2 is 2.08 bits per heavy atom. The van der Waals surface area contributed by atoms with E-state index in [4.69, 9.17) is 11.6 Å². The van der Waals surface area contributed by atoms with E-state index in [1.165, 1.54) is 10.6 Å². The number of amides is 3. The molecule has 0 fully saturated rings. The molecule has 0 radical (unpaired) electrons. The topological polar surface area (TPSA) is 93.1 Å². The number of allylic oxidation sites excluding steroid dienone is 1. The van der Waals surface area contributed by atoms with Crippen molar-refractivity contribution in [1.82, 2.24) is 20.2 Å². The fourth-order valence-electron chi connectivity index (χ4n) is 2.07. The molecule has 0 unspecified atom stereocenters. The second kappa shape index (κ2) is 9.21. The summed E-state index contributed by atoms with van der Waals surface area (Å²) < 4.78 is 1.40. The summed E-state index contributed by atoms with van der Waals surface area (Å²) in [5, 5.41) is 5.80. The molecular formula is C17H17ClN4O3S. The van der Waals surface area contributed by atoms with Gasteiger partial charge in [-0.25, -0.2) is 9.78 Å². The van der Waals surface area contributed by atoms with Crippen molar-refractivity contribution in [1.29, 1.82) is 0 Å². The minimum Gasteiger partial charge on any atom is -0.334 e. The highest BCUT2D eigenvalue weighted by Crippen LogP contribution is 2.20. The maximum absolute atomic E-state index is 12.7. The lowest BCUT2D eigenvalue weighted by atomic mass is 10.2. The Balaban J connectivity index is 2.21. The van der Waals surface area contributed by atoms with Crippen molar-refractivity contribution in [3.05, 3.63) is 58.9 Å². The molecule has 2 aromatic rings. The highest BCUT2D eigenvalue weighted by molar-refractivity contribution is 7.99. The average Bonchev–Trinajstić information content (AvgIpc) is 2.61. The van der Waals surface area contributed by atoms with Gasteiger partial charge in [0.1, 0.15) is 0 Å². The fourth-order valence-corrected chi connectivity index (χ4v) is 3.06. The van der Waals surface area contributed by atoms with Crippen LogP contribution in [0.5, 0.6) is 0 Å². The predicted molar refractivity (Wildman–Crippen MR) is 104 cm³/mol. The van der Waals surface area contributed by atoms with Gasteiger partial charge >= 0.3 is 6.03 Å². The van der Waals surface area contributed by atoms with Crippen molar-refractivity contribution in [2.75, 3.05) is 12.3 Å². The van der Waals surface area contributed by atoms with Crippen molar-refractivity contribution < 1.29 is 9.59 Å². The van der Waals surface area contributed by atoms with Crippen molar-refractivity contribution in [3.8, 4) is 0 Å². The van der Waals surface area contributed by atoms with Crippen LogP contribution >= 0.6 is 23.4 Å². The van der Waals surface area contributed by atoms with Gasteiger partial charge in [-0.3, -0.25) is 19.5 Å². The van der Waals surface area contributed by atoms with Gasteiger partial charge in [0.15, 0.2) is 5.16 Å². The van der Waals surface area contributed by atoms with Gasteiger partial charge in [-0.1, -0.05) is 35.5 Å². The Labute approximate surface area is 159 Å². The molecule has 9 heteroatoms. The monoisotopic (exact) mass is 392 g/mol. The second-order valence-electron chi connectivity index (χ2n) is 5.10. The molecule has 0 aliphatic carbocycles. The smallest absolute Gasteiger partial charge is 0.321 e. The lowest BCUT2D eigenvalue weighted by Gasteiger charge is -2.11. The zero-order chi connectivity index (χ0) is 19.1. The van der Waals surface area contributed by atoms with Gasteiger partial charge < -0.3 is 5.32 Å². The number of rotatable bonds is 7. The molecule has 7 nitrogen and oxygen atoms in total. The molecule has 2 rings (SSSR count). The molecule has 0 saturated carbocycles. The van der Waals surface area contributed by atoms with E-state index in [2.05, 4.69) is 28.8 Å². The highest BCUT2D eigenvalue weighted by atomic mass is 35.5. The minimum absolute atomic E-state index is 0.0792. The summed E-state index contributed by atoms with van der Waals surface area (Å²) in [6.07, 6.45) is 3.06. The number of halogens is 1. The number of urea groups is 1. The largest absolute Gasteiger partial charge is 0.334 e. The van der Waals surface area contributed by atoms with Crippen LogP contribution in [-0.2, 0) is 11.3 Å². The third-order valence-corrected chi connectivity index (χ3v) is 4.40. The number of thioether (sulfide) groups is 1. The molecule has 3 amide bonds. The van der Waals surface area contributed by atoms with E-state index in [0.29, 0.717) is 21.1 Å². The summed E-state index contributed by atoms with van der Waals surface area (Å²) >= 11 is 7.00. The number of benzene rings is 1. The van der Waals surface area contributed by atoms with E-state index in [9.17, 15) is 14.4 Å². The third kappa shape index (κ3) is 4.96. The number of nitrogens with one attached hydrogen (secondary N) is 2. The Kier molecular flexibility index (Phi) is 6.99. The maximum Gasteiger partial charge on any atom is 0.321 e. The Hall–Kier alpha value is -2.58. The van der Waals surface area contributed by atoms with E-state index < -0.39 is 11.9 Å². The molecule has 0 atom stereocenters. The van der Waals surface area contributed by atoms with Crippen molar-refractivity contribution >= 4 is 46.2 Å². The quantitative estimate of drug-likeness (QED) is 0.428. The van der Waals surface area contributed by atoms with Crippen LogP contribution < -0.4 is 16.2 Å². The zero-order valence-electron chi connectivity index (χ0n) is 13.8. The zero-order valence-corrected chi connectivity index (χ0v) is 15.4. The fraction of sp³-hybridized carbons (Fsp3) is 0.176. The number of carbonyl (C=O) groups is 2. The van der Waals surface area contributed by atoms with E-state index in [0.717, 1.165) is 11.8 Å². The second-order valence-corrected chi connectivity index (χ2v) is 6.47. The summed E-state index contributed by atoms with van der Waals surface area (Å²) in [6.45, 7) is 7.58. The standard InChI is InChI=1S/C17H17ClN4O3S/c1-3-7-19-16(25)21-14(23)10-26-17-20-13-6-5-11(18)9-12(13)15(24)22(17)8-4-2/h3-6,9H,1-2,7-8,10H2,(H2,19,21,23,25). The molecule has 1 heterocycles. The predicted octanol–water partition coefficient (Wildman–Crippen LogP) is 2.34. The van der Waals surface area contributed by atoms with Crippen LogP contribution in [-0.4, -0.2) is 33.8 Å². The minimum atomic E-state index is -0.611. The number of aromatic nitrogens is 2. The van der Waals surface area contributed by atoms with Crippen molar-refractivity contribution in [2.24, 2.45) is 0 Å². The molecule has 26 heavy (non-hydrogen) atoms. The van der Waals surface area contributed by atoms with Gasteiger partial charge in [0.25, 0.3) is 5.56 Å². The number of hydrogen-bond donors (Lipinski definition) is 2. The van der Waals surface area contributed by atoms with Crippen LogP contribution in [0.15, 0.2) is 53.5 Å². The first-order valence-corrected chi connectivity index (χ1v) is 8.95. The van der Waals surface area contributed by atoms with Crippen LogP contribution in [0.2, 0.25) is 5.02 Å². The Morgan fingerprint density at radius 1 is 1.31 bits per heavy atom. The maximum atomic E-state index is 12.7. The normalized spacial score (nSPS) is 10.3. The van der Waals surface area contributed by atoms with Gasteiger partial charge in [0.05, 0.1) is 16.7 Å². The summed E-state index contributed by atoms with van der Waals surface area (Å²) in [7, 11) is 0. The SMILES string of the molecule is C=CCNC(=O)NC(=O)CSc1nc2ccc(Cl)cc2c(=O)n1CC=C.